The predicted octanol–water partition coefficient (Wildman–Crippen LogP) is 4.09. The van der Waals surface area contributed by atoms with Crippen LogP contribution in [0.2, 0.25) is 0 Å². The molecule has 0 bridgehead atoms. The third-order valence-corrected chi connectivity index (χ3v) is 5.41. The molecule has 1 aliphatic heterocycles. The maximum absolute atomic E-state index is 12.5. The Balaban J connectivity index is 1.51. The van der Waals surface area contributed by atoms with Gasteiger partial charge in [0.15, 0.2) is 0 Å². The van der Waals surface area contributed by atoms with Gasteiger partial charge < -0.3 is 15.0 Å². The number of ether oxygens (including phenoxy) is 1. The molecule has 0 saturated carbocycles. The van der Waals surface area contributed by atoms with Gasteiger partial charge in [0.25, 0.3) is 0 Å². The topological polar surface area (TPSA) is 58.6 Å². The zero-order chi connectivity index (χ0) is 19.8. The molecule has 0 radical (unpaired) electrons. The van der Waals surface area contributed by atoms with E-state index in [9.17, 15) is 9.59 Å². The highest BCUT2D eigenvalue weighted by molar-refractivity contribution is 9.10. The summed E-state index contributed by atoms with van der Waals surface area (Å²) in [6, 6.07) is 17.3. The Labute approximate surface area is 174 Å². The first-order valence-corrected chi connectivity index (χ1v) is 10.4. The number of rotatable bonds is 9. The second-order valence-corrected chi connectivity index (χ2v) is 7.71. The number of halogens is 1. The first kappa shape index (κ1) is 20.4. The van der Waals surface area contributed by atoms with Crippen molar-refractivity contribution in [3.8, 4) is 5.75 Å². The molecule has 1 fully saturated rings. The Morgan fingerprint density at radius 2 is 1.89 bits per heavy atom. The van der Waals surface area contributed by atoms with E-state index in [1.807, 2.05) is 59.5 Å². The maximum Gasteiger partial charge on any atom is 0.222 e. The fraction of sp³-hybridized carbons (Fsp3) is 0.364. The van der Waals surface area contributed by atoms with E-state index in [0.29, 0.717) is 32.4 Å². The molecule has 2 aromatic rings. The molecule has 28 heavy (non-hydrogen) atoms. The van der Waals surface area contributed by atoms with Crippen LogP contribution in [0, 0.1) is 0 Å². The van der Waals surface area contributed by atoms with E-state index in [1.165, 1.54) is 0 Å². The molecule has 2 amide bonds. The van der Waals surface area contributed by atoms with Crippen LogP contribution in [0.4, 0.5) is 0 Å². The summed E-state index contributed by atoms with van der Waals surface area (Å²) in [5, 5.41) is 3.09. The van der Waals surface area contributed by atoms with Crippen molar-refractivity contribution in [2.45, 2.75) is 31.7 Å². The van der Waals surface area contributed by atoms with Crippen LogP contribution in [0.15, 0.2) is 59.1 Å². The summed E-state index contributed by atoms with van der Waals surface area (Å²) in [6.45, 7) is 1.75. The Morgan fingerprint density at radius 3 is 2.61 bits per heavy atom. The molecule has 3 rings (SSSR count). The van der Waals surface area contributed by atoms with E-state index in [-0.39, 0.29) is 17.9 Å². The quantitative estimate of drug-likeness (QED) is 0.592. The van der Waals surface area contributed by atoms with Crippen LogP contribution < -0.4 is 10.1 Å². The van der Waals surface area contributed by atoms with Crippen LogP contribution in [0.25, 0.3) is 0 Å². The van der Waals surface area contributed by atoms with Gasteiger partial charge in [-0.25, -0.2) is 0 Å². The lowest BCUT2D eigenvalue weighted by Crippen LogP contribution is -2.38. The van der Waals surface area contributed by atoms with E-state index >= 15 is 0 Å². The van der Waals surface area contributed by atoms with Gasteiger partial charge in [0.05, 0.1) is 17.1 Å². The zero-order valence-electron chi connectivity index (χ0n) is 15.8. The second kappa shape index (κ2) is 10.3. The molecule has 1 N–H and O–H groups in total. The molecule has 0 spiro atoms. The highest BCUT2D eigenvalue weighted by atomic mass is 79.9. The monoisotopic (exact) mass is 444 g/mol. The minimum absolute atomic E-state index is 0.0313. The Kier molecular flexibility index (Phi) is 7.48. The summed E-state index contributed by atoms with van der Waals surface area (Å²) in [6.07, 6.45) is 2.49. The minimum Gasteiger partial charge on any atom is -0.492 e. The number of benzene rings is 2. The van der Waals surface area contributed by atoms with Crippen molar-refractivity contribution in [2.24, 2.45) is 0 Å². The summed E-state index contributed by atoms with van der Waals surface area (Å²) in [4.78, 5) is 26.3. The fourth-order valence-electron chi connectivity index (χ4n) is 3.28. The predicted molar refractivity (Wildman–Crippen MR) is 112 cm³/mol. The number of nitrogens with zero attached hydrogens (tertiary/aromatic N) is 1. The van der Waals surface area contributed by atoms with Crippen molar-refractivity contribution < 1.29 is 14.3 Å². The summed E-state index contributed by atoms with van der Waals surface area (Å²) >= 11 is 3.45. The van der Waals surface area contributed by atoms with Gasteiger partial charge in [0.1, 0.15) is 5.75 Å². The van der Waals surface area contributed by atoms with Crippen molar-refractivity contribution in [3.63, 3.8) is 0 Å². The van der Waals surface area contributed by atoms with Crippen molar-refractivity contribution in [1.82, 2.24) is 10.2 Å². The molecule has 1 heterocycles. The van der Waals surface area contributed by atoms with Crippen LogP contribution in [0.3, 0.4) is 0 Å². The highest BCUT2D eigenvalue weighted by Gasteiger charge is 2.25. The third-order valence-electron chi connectivity index (χ3n) is 4.75. The molecule has 1 aliphatic rings. The van der Waals surface area contributed by atoms with Gasteiger partial charge in [0.2, 0.25) is 11.8 Å². The molecule has 0 aromatic heterocycles. The number of para-hydroxylation sites is 1. The molecule has 6 heteroatoms. The summed E-state index contributed by atoms with van der Waals surface area (Å²) < 4.78 is 6.62. The van der Waals surface area contributed by atoms with Crippen molar-refractivity contribution in [3.05, 3.63) is 64.6 Å². The minimum atomic E-state index is -0.195. The number of carbonyl (C=O) groups excluding carboxylic acids is 2. The van der Waals surface area contributed by atoms with Gasteiger partial charge in [0, 0.05) is 25.9 Å². The van der Waals surface area contributed by atoms with Gasteiger partial charge >= 0.3 is 0 Å². The number of likely N-dealkylation sites (tertiary alicyclic amines) is 1. The smallest absolute Gasteiger partial charge is 0.222 e. The summed E-state index contributed by atoms with van der Waals surface area (Å²) in [7, 11) is 0. The lowest BCUT2D eigenvalue weighted by atomic mass is 10.1. The second-order valence-electron chi connectivity index (χ2n) is 6.86. The lowest BCUT2D eigenvalue weighted by Gasteiger charge is -2.25. The molecule has 1 unspecified atom stereocenters. The summed E-state index contributed by atoms with van der Waals surface area (Å²) in [5.74, 6) is 0.908. The Bertz CT molecular complexity index is 797. The van der Waals surface area contributed by atoms with E-state index in [1.54, 1.807) is 0 Å². The van der Waals surface area contributed by atoms with E-state index in [0.717, 1.165) is 28.8 Å². The van der Waals surface area contributed by atoms with Gasteiger partial charge in [-0.1, -0.05) is 42.5 Å². The average molecular weight is 445 g/mol. The molecule has 148 valence electrons. The number of carbonyl (C=O) groups is 2. The summed E-state index contributed by atoms with van der Waals surface area (Å²) in [5.41, 5.74) is 1.01. The standard InChI is InChI=1S/C22H25BrN2O3/c23-18-10-4-5-11-20(18)28-15-7-12-21(26)24-19(17-8-2-1-3-9-17)16-25-14-6-13-22(25)27/h1-5,8-11,19H,6-7,12-16H2,(H,24,26). The van der Waals surface area contributed by atoms with E-state index in [2.05, 4.69) is 21.2 Å². The van der Waals surface area contributed by atoms with Crippen molar-refractivity contribution in [1.29, 1.82) is 0 Å². The molecule has 1 saturated heterocycles. The normalized spacial score (nSPS) is 14.8. The lowest BCUT2D eigenvalue weighted by molar-refractivity contribution is -0.129. The first-order chi connectivity index (χ1) is 13.6. The van der Waals surface area contributed by atoms with Crippen LogP contribution in [0.1, 0.15) is 37.3 Å². The van der Waals surface area contributed by atoms with Crippen LogP contribution in [-0.2, 0) is 9.59 Å². The molecule has 1 atom stereocenters. The highest BCUT2D eigenvalue weighted by Crippen LogP contribution is 2.24. The fourth-order valence-corrected chi connectivity index (χ4v) is 3.68. The van der Waals surface area contributed by atoms with Crippen molar-refractivity contribution in [2.75, 3.05) is 19.7 Å². The Hall–Kier alpha value is -2.34. The molecule has 5 nitrogen and oxygen atoms in total. The van der Waals surface area contributed by atoms with Gasteiger partial charge in [-0.2, -0.15) is 0 Å². The van der Waals surface area contributed by atoms with E-state index < -0.39 is 0 Å². The van der Waals surface area contributed by atoms with Crippen LogP contribution >= 0.6 is 15.9 Å². The molecular weight excluding hydrogens is 420 g/mol. The van der Waals surface area contributed by atoms with Gasteiger partial charge in [-0.15, -0.1) is 0 Å². The molecule has 0 aliphatic carbocycles. The number of hydrogen-bond donors (Lipinski definition) is 1. The van der Waals surface area contributed by atoms with Crippen LogP contribution in [0.5, 0.6) is 5.75 Å². The SMILES string of the molecule is O=C(CCCOc1ccccc1Br)NC(CN1CCCC1=O)c1ccccc1. The largest absolute Gasteiger partial charge is 0.492 e. The van der Waals surface area contributed by atoms with Gasteiger partial charge in [-0.05, 0) is 46.5 Å². The van der Waals surface area contributed by atoms with E-state index in [4.69, 9.17) is 4.74 Å². The number of nitrogens with one attached hydrogen (secondary N) is 1. The van der Waals surface area contributed by atoms with Gasteiger partial charge in [-0.3, -0.25) is 9.59 Å². The maximum atomic E-state index is 12.5. The Morgan fingerprint density at radius 1 is 1.14 bits per heavy atom. The zero-order valence-corrected chi connectivity index (χ0v) is 17.4. The number of amides is 2. The molecule has 2 aromatic carbocycles. The number of hydrogen-bond acceptors (Lipinski definition) is 3. The van der Waals surface area contributed by atoms with Crippen molar-refractivity contribution >= 4 is 27.7 Å². The van der Waals surface area contributed by atoms with Crippen LogP contribution in [-0.4, -0.2) is 36.4 Å². The first-order valence-electron chi connectivity index (χ1n) is 9.63. The average Bonchev–Trinajstić information content (AvgIpc) is 3.11. The third kappa shape index (κ3) is 5.83. The molecular formula is C22H25BrN2O3.